The Labute approximate surface area is 148 Å². The number of aromatic nitrogens is 1. The molecule has 0 aliphatic carbocycles. The molecule has 4 nitrogen and oxygen atoms in total. The van der Waals surface area contributed by atoms with Gasteiger partial charge in [-0.2, -0.15) is 5.26 Å². The summed E-state index contributed by atoms with van der Waals surface area (Å²) in [6.07, 6.45) is 0. The number of rotatable bonds is 3. The first-order chi connectivity index (χ1) is 12.6. The van der Waals surface area contributed by atoms with E-state index in [0.717, 1.165) is 5.56 Å². The summed E-state index contributed by atoms with van der Waals surface area (Å²) in [5.41, 5.74) is 8.13. The van der Waals surface area contributed by atoms with Crippen molar-refractivity contribution in [1.29, 1.82) is 5.26 Å². The Bertz CT molecular complexity index is 1220. The Balaban J connectivity index is 2.09. The molecule has 125 valence electrons. The lowest BCUT2D eigenvalue weighted by molar-refractivity contribution is 0.100. The van der Waals surface area contributed by atoms with Crippen LogP contribution in [0.2, 0.25) is 0 Å². The molecule has 5 heteroatoms. The number of carbonyl (C=O) groups is 1. The Morgan fingerprint density at radius 1 is 1.19 bits per heavy atom. The summed E-state index contributed by atoms with van der Waals surface area (Å²) in [7, 11) is 0. The quantitative estimate of drug-likeness (QED) is 0.616. The smallest absolute Gasteiger partial charge is 0.249 e. The maximum Gasteiger partial charge on any atom is 0.249 e. The zero-order valence-electron chi connectivity index (χ0n) is 13.7. The van der Waals surface area contributed by atoms with E-state index in [0.29, 0.717) is 39.5 Å². The molecule has 0 saturated carbocycles. The number of hydrogen-bond donors (Lipinski definition) is 1. The fourth-order valence-electron chi connectivity index (χ4n) is 3.37. The third-order valence-corrected chi connectivity index (χ3v) is 4.51. The van der Waals surface area contributed by atoms with Crippen LogP contribution < -0.4 is 5.73 Å². The molecular formula is C21H13FN3O. The van der Waals surface area contributed by atoms with Gasteiger partial charge in [0.1, 0.15) is 5.82 Å². The number of benzene rings is 3. The van der Waals surface area contributed by atoms with Crippen molar-refractivity contribution in [1.82, 2.24) is 4.57 Å². The topological polar surface area (TPSA) is 71.8 Å². The van der Waals surface area contributed by atoms with Crippen LogP contribution in [0.15, 0.2) is 54.6 Å². The van der Waals surface area contributed by atoms with E-state index in [9.17, 15) is 14.4 Å². The molecule has 3 aromatic carbocycles. The zero-order chi connectivity index (χ0) is 18.3. The molecule has 0 unspecified atom stereocenters. The van der Waals surface area contributed by atoms with E-state index in [2.05, 4.69) is 12.1 Å². The molecule has 0 atom stereocenters. The van der Waals surface area contributed by atoms with Gasteiger partial charge >= 0.3 is 0 Å². The minimum absolute atomic E-state index is 0.292. The van der Waals surface area contributed by atoms with E-state index in [1.807, 2.05) is 18.2 Å². The van der Waals surface area contributed by atoms with Crippen LogP contribution in [0.25, 0.3) is 21.8 Å². The van der Waals surface area contributed by atoms with Gasteiger partial charge in [0.05, 0.1) is 22.7 Å². The molecular weight excluding hydrogens is 329 g/mol. The Morgan fingerprint density at radius 2 is 2.00 bits per heavy atom. The van der Waals surface area contributed by atoms with Crippen LogP contribution in [-0.4, -0.2) is 10.5 Å². The van der Waals surface area contributed by atoms with Gasteiger partial charge in [-0.1, -0.05) is 30.3 Å². The summed E-state index contributed by atoms with van der Waals surface area (Å²) in [5, 5.41) is 10.4. The number of carbonyl (C=O) groups excluding carboxylic acids is 1. The lowest BCUT2D eigenvalue weighted by atomic mass is 10.1. The van der Waals surface area contributed by atoms with Crippen LogP contribution in [0.3, 0.4) is 0 Å². The van der Waals surface area contributed by atoms with E-state index in [1.165, 1.54) is 12.1 Å². The average Bonchev–Trinajstić information content (AvgIpc) is 2.97. The summed E-state index contributed by atoms with van der Waals surface area (Å²) in [6, 6.07) is 20.3. The van der Waals surface area contributed by atoms with Crippen LogP contribution in [0.1, 0.15) is 21.5 Å². The first-order valence-corrected chi connectivity index (χ1v) is 8.00. The summed E-state index contributed by atoms with van der Waals surface area (Å²) in [6.45, 7) is 0.292. The molecule has 1 heterocycles. The largest absolute Gasteiger partial charge is 0.366 e. The monoisotopic (exact) mass is 342 g/mol. The third-order valence-electron chi connectivity index (χ3n) is 4.51. The number of hydrogen-bond acceptors (Lipinski definition) is 2. The van der Waals surface area contributed by atoms with Crippen LogP contribution in [0.4, 0.5) is 4.39 Å². The van der Waals surface area contributed by atoms with E-state index in [1.54, 1.807) is 28.8 Å². The first kappa shape index (κ1) is 15.9. The van der Waals surface area contributed by atoms with Gasteiger partial charge in [0.25, 0.3) is 0 Å². The molecule has 4 rings (SSSR count). The highest BCUT2D eigenvalue weighted by atomic mass is 19.1. The highest BCUT2D eigenvalue weighted by Crippen LogP contribution is 2.33. The Morgan fingerprint density at radius 3 is 2.77 bits per heavy atom. The number of amides is 1. The molecule has 2 N–H and O–H groups in total. The van der Waals surface area contributed by atoms with Gasteiger partial charge in [-0.25, -0.2) is 4.39 Å². The van der Waals surface area contributed by atoms with E-state index < -0.39 is 11.7 Å². The van der Waals surface area contributed by atoms with Crippen molar-refractivity contribution in [2.45, 2.75) is 6.54 Å². The van der Waals surface area contributed by atoms with Crippen molar-refractivity contribution < 1.29 is 9.18 Å². The van der Waals surface area contributed by atoms with Crippen molar-refractivity contribution in [3.05, 3.63) is 83.2 Å². The second-order valence-electron chi connectivity index (χ2n) is 5.97. The van der Waals surface area contributed by atoms with Crippen molar-refractivity contribution in [3.63, 3.8) is 0 Å². The molecule has 0 aliphatic rings. The van der Waals surface area contributed by atoms with Crippen LogP contribution in [0, 0.1) is 23.2 Å². The molecule has 26 heavy (non-hydrogen) atoms. The molecule has 0 saturated heterocycles. The van der Waals surface area contributed by atoms with E-state index in [4.69, 9.17) is 5.73 Å². The highest BCUT2D eigenvalue weighted by Gasteiger charge is 2.19. The number of nitrogens with two attached hydrogens (primary N) is 1. The minimum Gasteiger partial charge on any atom is -0.366 e. The Hall–Kier alpha value is -3.65. The predicted molar refractivity (Wildman–Crippen MR) is 97.0 cm³/mol. The molecule has 0 aliphatic heterocycles. The number of nitriles is 1. The van der Waals surface area contributed by atoms with Gasteiger partial charge in [-0.15, -0.1) is 0 Å². The normalized spacial score (nSPS) is 10.9. The van der Waals surface area contributed by atoms with Gasteiger partial charge in [0.2, 0.25) is 5.91 Å². The molecule has 1 radical (unpaired) electrons. The van der Waals surface area contributed by atoms with Crippen molar-refractivity contribution in [2.75, 3.05) is 0 Å². The number of primary amides is 1. The maximum atomic E-state index is 14.7. The van der Waals surface area contributed by atoms with Crippen LogP contribution in [-0.2, 0) is 6.54 Å². The van der Waals surface area contributed by atoms with Crippen molar-refractivity contribution in [2.24, 2.45) is 5.73 Å². The van der Waals surface area contributed by atoms with Crippen LogP contribution in [0.5, 0.6) is 0 Å². The maximum absolute atomic E-state index is 14.7. The SMILES string of the molecule is N#Cc1ccccc1Cn1c2cccc(C(N)=O)c2c2[c]ccc(F)c21. The summed E-state index contributed by atoms with van der Waals surface area (Å²) in [5.74, 6) is -0.996. The van der Waals surface area contributed by atoms with Gasteiger partial charge < -0.3 is 10.3 Å². The van der Waals surface area contributed by atoms with E-state index >= 15 is 0 Å². The lowest BCUT2D eigenvalue weighted by Gasteiger charge is -2.10. The van der Waals surface area contributed by atoms with Gasteiger partial charge in [0.15, 0.2) is 0 Å². The molecule has 1 aromatic heterocycles. The standard InChI is InChI=1S/C21H13FN3O/c22-17-9-3-7-15-19-16(21(24)26)8-4-10-18(19)25(20(15)17)12-14-6-2-1-5-13(14)11-23/h1-6,8-10H,12H2,(H2,24,26). The molecule has 0 bridgehead atoms. The predicted octanol–water partition coefficient (Wildman–Crippen LogP) is 3.75. The summed E-state index contributed by atoms with van der Waals surface area (Å²) >= 11 is 0. The van der Waals surface area contributed by atoms with Crippen molar-refractivity contribution >= 4 is 27.7 Å². The third kappa shape index (κ3) is 2.32. The summed E-state index contributed by atoms with van der Waals surface area (Å²) in [4.78, 5) is 11.9. The summed E-state index contributed by atoms with van der Waals surface area (Å²) < 4.78 is 16.4. The minimum atomic E-state index is -0.579. The molecule has 0 fully saturated rings. The van der Waals surface area contributed by atoms with Gasteiger partial charge in [0, 0.05) is 22.9 Å². The van der Waals surface area contributed by atoms with Crippen molar-refractivity contribution in [3.8, 4) is 6.07 Å². The van der Waals surface area contributed by atoms with Gasteiger partial charge in [-0.3, -0.25) is 4.79 Å². The van der Waals surface area contributed by atoms with E-state index in [-0.39, 0.29) is 0 Å². The van der Waals surface area contributed by atoms with Crippen LogP contribution >= 0.6 is 0 Å². The van der Waals surface area contributed by atoms with Gasteiger partial charge in [-0.05, 0) is 35.9 Å². The number of halogens is 1. The molecule has 4 aromatic rings. The fraction of sp³-hybridized carbons (Fsp3) is 0.0476. The first-order valence-electron chi connectivity index (χ1n) is 8.00. The fourth-order valence-corrected chi connectivity index (χ4v) is 3.37. The second-order valence-corrected chi connectivity index (χ2v) is 5.97. The number of nitrogens with zero attached hydrogens (tertiary/aromatic N) is 2. The Kier molecular flexibility index (Phi) is 3.67. The number of fused-ring (bicyclic) bond motifs is 3. The molecule has 0 spiro atoms. The highest BCUT2D eigenvalue weighted by molar-refractivity contribution is 6.17. The second kappa shape index (κ2) is 6.01. The molecule has 1 amide bonds. The lowest BCUT2D eigenvalue weighted by Crippen LogP contribution is -2.11. The average molecular weight is 342 g/mol. The zero-order valence-corrected chi connectivity index (χ0v) is 13.7.